The molecule has 1 aliphatic rings. The van der Waals surface area contributed by atoms with Gasteiger partial charge in [0.2, 0.25) is 11.8 Å². The Hall–Kier alpha value is -4.02. The molecule has 4 atom stereocenters. The lowest BCUT2D eigenvalue weighted by Crippen LogP contribution is -2.57. The van der Waals surface area contributed by atoms with Gasteiger partial charge in [0, 0.05) is 11.3 Å². The van der Waals surface area contributed by atoms with Gasteiger partial charge < -0.3 is 25.4 Å². The molecule has 210 valence electrons. The van der Waals surface area contributed by atoms with Crippen LogP contribution in [0.15, 0.2) is 78.2 Å². The molecule has 0 radical (unpaired) electrons. The Balaban J connectivity index is 1.41. The van der Waals surface area contributed by atoms with Gasteiger partial charge in [0.25, 0.3) is 0 Å². The number of rotatable bonds is 13. The van der Waals surface area contributed by atoms with Gasteiger partial charge in [-0.05, 0) is 42.8 Å². The fourth-order valence-corrected chi connectivity index (χ4v) is 4.85. The van der Waals surface area contributed by atoms with E-state index in [2.05, 4.69) is 16.0 Å². The van der Waals surface area contributed by atoms with Crippen LogP contribution in [0.25, 0.3) is 0 Å². The maximum absolute atomic E-state index is 13.5. The van der Waals surface area contributed by atoms with Crippen LogP contribution in [0.1, 0.15) is 29.9 Å². The van der Waals surface area contributed by atoms with E-state index in [-0.39, 0.29) is 25.2 Å². The smallest absolute Gasteiger partial charge is 0.408 e. The Morgan fingerprint density at radius 2 is 1.48 bits per heavy atom. The summed E-state index contributed by atoms with van der Waals surface area (Å²) in [5.41, 5.74) is 0.765. The fourth-order valence-electron chi connectivity index (χ4n) is 4.09. The number of hydrogen-bond donors (Lipinski definition) is 3. The lowest BCUT2D eigenvalue weighted by molar-refractivity contribution is -0.133. The minimum Gasteiger partial charge on any atom is -0.445 e. The molecule has 2 heterocycles. The van der Waals surface area contributed by atoms with Gasteiger partial charge in [-0.1, -0.05) is 66.7 Å². The quantitative estimate of drug-likeness (QED) is 0.274. The first-order valence-electron chi connectivity index (χ1n) is 13.1. The molecule has 4 unspecified atom stereocenters. The van der Waals surface area contributed by atoms with Crippen LogP contribution in [-0.4, -0.2) is 54.0 Å². The third-order valence-electron chi connectivity index (χ3n) is 6.57. The van der Waals surface area contributed by atoms with Gasteiger partial charge >= 0.3 is 6.09 Å². The summed E-state index contributed by atoms with van der Waals surface area (Å²) in [5.74, 6) is -1.28. The summed E-state index contributed by atoms with van der Waals surface area (Å²) in [5, 5.41) is 9.98. The molecule has 3 N–H and O–H groups in total. The molecule has 9 nitrogen and oxygen atoms in total. The number of nitrogens with one attached hydrogen (secondary N) is 3. The Morgan fingerprint density at radius 3 is 2.08 bits per heavy atom. The Labute approximate surface area is 237 Å². The van der Waals surface area contributed by atoms with Gasteiger partial charge in [0.05, 0.1) is 12.6 Å². The summed E-state index contributed by atoms with van der Waals surface area (Å²) in [6.07, 6.45) is -0.243. The van der Waals surface area contributed by atoms with Crippen LogP contribution in [-0.2, 0) is 43.3 Å². The molecule has 3 aromatic rings. The molecule has 0 bridgehead atoms. The van der Waals surface area contributed by atoms with Crippen molar-refractivity contribution in [1.29, 1.82) is 0 Å². The zero-order chi connectivity index (χ0) is 28.5. The average Bonchev–Trinajstić information content (AvgIpc) is 3.50. The van der Waals surface area contributed by atoms with Crippen LogP contribution in [0.3, 0.4) is 0 Å². The monoisotopic (exact) mass is 563 g/mol. The summed E-state index contributed by atoms with van der Waals surface area (Å²) in [7, 11) is 0. The average molecular weight is 564 g/mol. The first-order valence-corrected chi connectivity index (χ1v) is 13.9. The Kier molecular flexibility index (Phi) is 9.68. The predicted octanol–water partition coefficient (Wildman–Crippen LogP) is 3.18. The molecular weight excluding hydrogens is 530 g/mol. The number of amides is 3. The van der Waals surface area contributed by atoms with E-state index >= 15 is 0 Å². The van der Waals surface area contributed by atoms with Crippen molar-refractivity contribution in [2.24, 2.45) is 0 Å². The van der Waals surface area contributed by atoms with Gasteiger partial charge in [0.15, 0.2) is 5.78 Å². The summed E-state index contributed by atoms with van der Waals surface area (Å²) < 4.78 is 10.6. The molecule has 1 aliphatic heterocycles. The van der Waals surface area contributed by atoms with E-state index in [1.165, 1.54) is 18.3 Å². The van der Waals surface area contributed by atoms with Crippen molar-refractivity contribution in [2.75, 3.05) is 6.61 Å². The maximum Gasteiger partial charge on any atom is 0.408 e. The number of epoxide rings is 1. The van der Waals surface area contributed by atoms with E-state index in [4.69, 9.17) is 9.47 Å². The highest BCUT2D eigenvalue weighted by Crippen LogP contribution is 2.29. The van der Waals surface area contributed by atoms with Gasteiger partial charge in [-0.15, -0.1) is 11.3 Å². The molecule has 40 heavy (non-hydrogen) atoms. The lowest BCUT2D eigenvalue weighted by atomic mass is 9.94. The standard InChI is InChI=1S/C30H33N3O6S/c1-20(31-29(37)38-18-22-12-7-4-8-13-22)27(35)33-25(17-23-14-9-15-40-23)28(36)32-24(26(34)30(2)19-39-30)16-21-10-5-3-6-11-21/h3-15,20,24-25H,16-19H2,1-2H3,(H,31,37)(H,32,36)(H,33,35). The number of alkyl carbamates (subject to hydrolysis) is 1. The van der Waals surface area contributed by atoms with E-state index in [9.17, 15) is 19.2 Å². The number of carbonyl (C=O) groups excluding carboxylic acids is 4. The number of benzene rings is 2. The van der Waals surface area contributed by atoms with E-state index in [1.54, 1.807) is 6.92 Å². The highest BCUT2D eigenvalue weighted by Gasteiger charge is 2.50. The first-order chi connectivity index (χ1) is 19.2. The number of hydrogen-bond acceptors (Lipinski definition) is 7. The summed E-state index contributed by atoms with van der Waals surface area (Å²) in [4.78, 5) is 52.9. The van der Waals surface area contributed by atoms with Crippen molar-refractivity contribution < 1.29 is 28.7 Å². The van der Waals surface area contributed by atoms with E-state index in [0.29, 0.717) is 6.61 Å². The topological polar surface area (TPSA) is 126 Å². The molecule has 3 amide bonds. The zero-order valence-electron chi connectivity index (χ0n) is 22.4. The molecule has 1 fully saturated rings. The van der Waals surface area contributed by atoms with Crippen molar-refractivity contribution in [3.63, 3.8) is 0 Å². The minimum atomic E-state index is -0.977. The second-order valence-corrected chi connectivity index (χ2v) is 10.9. The summed E-state index contributed by atoms with van der Waals surface area (Å²) >= 11 is 1.45. The molecular formula is C30H33N3O6S. The lowest BCUT2D eigenvalue weighted by Gasteiger charge is -2.25. The van der Waals surface area contributed by atoms with Crippen molar-refractivity contribution in [3.8, 4) is 0 Å². The van der Waals surface area contributed by atoms with Gasteiger partial charge in [-0.3, -0.25) is 14.4 Å². The van der Waals surface area contributed by atoms with E-state index in [0.717, 1.165) is 16.0 Å². The SMILES string of the molecule is CC(NC(=O)OCc1ccccc1)C(=O)NC(Cc1cccs1)C(=O)NC(Cc1ccccc1)C(=O)C1(C)CO1. The number of Topliss-reactive ketones (excluding diaryl/α,β-unsaturated/α-hetero) is 1. The van der Waals surface area contributed by atoms with Gasteiger partial charge in [-0.2, -0.15) is 0 Å². The van der Waals surface area contributed by atoms with Crippen molar-refractivity contribution in [1.82, 2.24) is 16.0 Å². The molecule has 10 heteroatoms. The minimum absolute atomic E-state index is 0.0594. The first kappa shape index (κ1) is 29.0. The maximum atomic E-state index is 13.5. The van der Waals surface area contributed by atoms with Crippen LogP contribution < -0.4 is 16.0 Å². The van der Waals surface area contributed by atoms with Crippen LogP contribution in [0.2, 0.25) is 0 Å². The fraction of sp³-hybridized carbons (Fsp3) is 0.333. The Bertz CT molecular complexity index is 1300. The van der Waals surface area contributed by atoms with Crippen molar-refractivity contribution >= 4 is 35.0 Å². The van der Waals surface area contributed by atoms with Crippen LogP contribution in [0.4, 0.5) is 4.79 Å². The third kappa shape index (κ3) is 8.24. The second kappa shape index (κ2) is 13.4. The molecule has 0 aliphatic carbocycles. The normalized spacial score (nSPS) is 18.1. The molecule has 1 saturated heterocycles. The molecule has 0 spiro atoms. The summed E-state index contributed by atoms with van der Waals surface area (Å²) in [6.45, 7) is 3.57. The second-order valence-electron chi connectivity index (χ2n) is 9.91. The molecule has 0 saturated carbocycles. The number of carbonyl (C=O) groups is 4. The van der Waals surface area contributed by atoms with Crippen LogP contribution in [0, 0.1) is 0 Å². The van der Waals surface area contributed by atoms with Crippen LogP contribution >= 0.6 is 11.3 Å². The highest BCUT2D eigenvalue weighted by atomic mass is 32.1. The Morgan fingerprint density at radius 1 is 0.850 bits per heavy atom. The van der Waals surface area contributed by atoms with E-state index in [1.807, 2.05) is 78.2 Å². The molecule has 1 aromatic heterocycles. The van der Waals surface area contributed by atoms with Crippen molar-refractivity contribution in [3.05, 3.63) is 94.2 Å². The van der Waals surface area contributed by atoms with Crippen LogP contribution in [0.5, 0.6) is 0 Å². The highest BCUT2D eigenvalue weighted by molar-refractivity contribution is 7.09. The molecule has 2 aromatic carbocycles. The van der Waals surface area contributed by atoms with Crippen molar-refractivity contribution in [2.45, 2.75) is 57.0 Å². The zero-order valence-corrected chi connectivity index (χ0v) is 23.2. The predicted molar refractivity (Wildman–Crippen MR) is 151 cm³/mol. The van der Waals surface area contributed by atoms with Gasteiger partial charge in [0.1, 0.15) is 24.3 Å². The number of ketones is 1. The third-order valence-corrected chi connectivity index (χ3v) is 7.47. The largest absolute Gasteiger partial charge is 0.445 e. The summed E-state index contributed by atoms with van der Waals surface area (Å²) in [6, 6.07) is 19.5. The van der Waals surface area contributed by atoms with Gasteiger partial charge in [-0.25, -0.2) is 4.79 Å². The number of thiophene rings is 1. The number of ether oxygens (including phenoxy) is 2. The van der Waals surface area contributed by atoms with E-state index < -0.39 is 41.6 Å². The molecule has 4 rings (SSSR count).